The molecular weight excluding hydrogens is 449 g/mol. The van der Waals surface area contributed by atoms with E-state index in [-0.39, 0.29) is 4.90 Å². The Kier molecular flexibility index (Phi) is 7.33. The van der Waals surface area contributed by atoms with Crippen molar-refractivity contribution in [2.45, 2.75) is 17.9 Å². The first kappa shape index (κ1) is 24.2. The van der Waals surface area contributed by atoms with Gasteiger partial charge in [-0.3, -0.25) is 4.31 Å². The number of halogens is 1. The highest BCUT2D eigenvalue weighted by Crippen LogP contribution is 2.41. The zero-order valence-corrected chi connectivity index (χ0v) is 19.9. The van der Waals surface area contributed by atoms with Crippen molar-refractivity contribution >= 4 is 15.7 Å². The third-order valence-electron chi connectivity index (χ3n) is 5.23. The topological polar surface area (TPSA) is 74.3 Å². The van der Waals surface area contributed by atoms with Crippen LogP contribution in [0.5, 0.6) is 23.0 Å². The summed E-state index contributed by atoms with van der Waals surface area (Å²) >= 11 is 0. The van der Waals surface area contributed by atoms with Gasteiger partial charge >= 0.3 is 0 Å². The smallest absolute Gasteiger partial charge is 0.264 e. The molecule has 0 saturated heterocycles. The Morgan fingerprint density at radius 1 is 0.758 bits per heavy atom. The zero-order valence-electron chi connectivity index (χ0n) is 19.0. The van der Waals surface area contributed by atoms with Crippen molar-refractivity contribution in [3.63, 3.8) is 0 Å². The minimum absolute atomic E-state index is 0.0626. The van der Waals surface area contributed by atoms with Crippen LogP contribution in [0.2, 0.25) is 0 Å². The summed E-state index contributed by atoms with van der Waals surface area (Å²) < 4.78 is 63.9. The number of benzene rings is 3. The van der Waals surface area contributed by atoms with Gasteiger partial charge in [0.15, 0.2) is 11.5 Å². The third kappa shape index (κ3) is 4.83. The first-order valence-corrected chi connectivity index (χ1v) is 11.4. The molecule has 0 aliphatic carbocycles. The average molecular weight is 476 g/mol. The average Bonchev–Trinajstić information content (AvgIpc) is 2.83. The predicted octanol–water partition coefficient (Wildman–Crippen LogP) is 4.82. The normalized spacial score (nSPS) is 12.1. The Morgan fingerprint density at radius 3 is 1.94 bits per heavy atom. The molecule has 7 nitrogen and oxygen atoms in total. The number of sulfonamides is 1. The van der Waals surface area contributed by atoms with Gasteiger partial charge in [0, 0.05) is 11.6 Å². The van der Waals surface area contributed by atoms with Crippen LogP contribution in [0.15, 0.2) is 65.6 Å². The molecule has 0 aliphatic rings. The summed E-state index contributed by atoms with van der Waals surface area (Å²) in [5.74, 6) is 1.31. The molecule has 0 bridgehead atoms. The van der Waals surface area contributed by atoms with Gasteiger partial charge in [0.2, 0.25) is 0 Å². The molecule has 9 heteroatoms. The van der Waals surface area contributed by atoms with E-state index in [4.69, 9.17) is 18.9 Å². The van der Waals surface area contributed by atoms with E-state index < -0.39 is 21.9 Å². The van der Waals surface area contributed by atoms with Crippen molar-refractivity contribution < 1.29 is 31.8 Å². The highest BCUT2D eigenvalue weighted by atomic mass is 32.2. The first-order chi connectivity index (χ1) is 15.8. The van der Waals surface area contributed by atoms with Crippen LogP contribution in [0.1, 0.15) is 18.5 Å². The molecule has 3 aromatic rings. The monoisotopic (exact) mass is 475 g/mol. The highest BCUT2D eigenvalue weighted by Gasteiger charge is 2.33. The second-order valence-electron chi connectivity index (χ2n) is 7.08. The molecule has 0 saturated carbocycles. The lowest BCUT2D eigenvalue weighted by atomic mass is 10.1. The number of rotatable bonds is 9. The molecule has 1 atom stereocenters. The maximum atomic E-state index is 13.8. The number of methoxy groups -OCH3 is 4. The fourth-order valence-corrected chi connectivity index (χ4v) is 5.17. The van der Waals surface area contributed by atoms with Gasteiger partial charge in [0.1, 0.15) is 17.3 Å². The van der Waals surface area contributed by atoms with Crippen LogP contribution in [-0.4, -0.2) is 36.9 Å². The van der Waals surface area contributed by atoms with E-state index in [0.29, 0.717) is 34.2 Å². The first-order valence-electron chi connectivity index (χ1n) is 10.0. The van der Waals surface area contributed by atoms with Crippen LogP contribution in [0.25, 0.3) is 0 Å². The fourth-order valence-electron chi connectivity index (χ4n) is 3.54. The second-order valence-corrected chi connectivity index (χ2v) is 8.89. The molecule has 176 valence electrons. The van der Waals surface area contributed by atoms with Crippen LogP contribution in [0, 0.1) is 5.82 Å². The Balaban J connectivity index is 2.25. The largest absolute Gasteiger partial charge is 0.497 e. The van der Waals surface area contributed by atoms with E-state index in [1.165, 1.54) is 44.9 Å². The summed E-state index contributed by atoms with van der Waals surface area (Å²) in [5.41, 5.74) is 0.909. The number of anilines is 1. The molecule has 3 aromatic carbocycles. The van der Waals surface area contributed by atoms with Crippen molar-refractivity contribution in [3.8, 4) is 23.0 Å². The van der Waals surface area contributed by atoms with E-state index in [0.717, 1.165) is 12.1 Å². The zero-order chi connectivity index (χ0) is 24.2. The second kappa shape index (κ2) is 9.99. The lowest BCUT2D eigenvalue weighted by molar-refractivity contribution is 0.355. The molecule has 0 fully saturated rings. The van der Waals surface area contributed by atoms with Gasteiger partial charge in [0.05, 0.1) is 45.1 Å². The van der Waals surface area contributed by atoms with Crippen LogP contribution >= 0.6 is 0 Å². The summed E-state index contributed by atoms with van der Waals surface area (Å²) in [6, 6.07) is 13.9. The Morgan fingerprint density at radius 2 is 1.36 bits per heavy atom. The van der Waals surface area contributed by atoms with Crippen LogP contribution < -0.4 is 23.3 Å². The van der Waals surface area contributed by atoms with Gasteiger partial charge in [-0.2, -0.15) is 0 Å². The third-order valence-corrected chi connectivity index (χ3v) is 7.14. The minimum atomic E-state index is -4.13. The molecule has 0 radical (unpaired) electrons. The minimum Gasteiger partial charge on any atom is -0.497 e. The van der Waals surface area contributed by atoms with Crippen molar-refractivity contribution in [2.24, 2.45) is 0 Å². The summed E-state index contributed by atoms with van der Waals surface area (Å²) in [7, 11) is 1.86. The van der Waals surface area contributed by atoms with E-state index in [2.05, 4.69) is 0 Å². The summed E-state index contributed by atoms with van der Waals surface area (Å²) in [6.45, 7) is 1.73. The highest BCUT2D eigenvalue weighted by molar-refractivity contribution is 7.92. The Labute approximate surface area is 193 Å². The van der Waals surface area contributed by atoms with Crippen molar-refractivity contribution in [1.29, 1.82) is 0 Å². The van der Waals surface area contributed by atoms with Crippen molar-refractivity contribution in [1.82, 2.24) is 0 Å². The molecule has 0 N–H and O–H groups in total. The molecule has 0 spiro atoms. The number of nitrogens with zero attached hydrogens (tertiary/aromatic N) is 1. The lowest BCUT2D eigenvalue weighted by Crippen LogP contribution is -2.34. The van der Waals surface area contributed by atoms with Crippen LogP contribution in [-0.2, 0) is 10.0 Å². The summed E-state index contributed by atoms with van der Waals surface area (Å²) in [4.78, 5) is -0.0626. The SMILES string of the molecule is COc1ccc(OC)c([C@H](C)N(c2ccc(OC)c(OC)c2)S(=O)(=O)c2ccc(F)cc2)c1. The Bertz CT molecular complexity index is 1210. The molecule has 0 unspecified atom stereocenters. The number of hydrogen-bond donors (Lipinski definition) is 0. The maximum absolute atomic E-state index is 13.8. The molecule has 0 aromatic heterocycles. The summed E-state index contributed by atoms with van der Waals surface area (Å²) in [5, 5.41) is 0. The fraction of sp³-hybridized carbons (Fsp3) is 0.250. The molecule has 0 aliphatic heterocycles. The van der Waals surface area contributed by atoms with E-state index in [9.17, 15) is 12.8 Å². The van der Waals surface area contributed by atoms with Gasteiger partial charge in [-0.05, 0) is 61.5 Å². The Hall–Kier alpha value is -3.46. The van der Waals surface area contributed by atoms with E-state index in [1.54, 1.807) is 43.3 Å². The molecule has 0 amide bonds. The van der Waals surface area contributed by atoms with Gasteiger partial charge in [0.25, 0.3) is 10.0 Å². The standard InChI is InChI=1S/C24H26FNO6S/c1-16(21-15-19(29-2)9-13-22(21)30-3)26(18-8-12-23(31-4)24(14-18)32-5)33(27,28)20-10-6-17(25)7-11-20/h6-16H,1-5H3/t16-/m0/s1. The molecule has 3 rings (SSSR count). The maximum Gasteiger partial charge on any atom is 0.264 e. The lowest BCUT2D eigenvalue weighted by Gasteiger charge is -2.32. The van der Waals surface area contributed by atoms with Crippen molar-refractivity contribution in [2.75, 3.05) is 32.7 Å². The predicted molar refractivity (Wildman–Crippen MR) is 124 cm³/mol. The van der Waals surface area contributed by atoms with Crippen LogP contribution in [0.3, 0.4) is 0 Å². The quantitative estimate of drug-likeness (QED) is 0.442. The van der Waals surface area contributed by atoms with Crippen molar-refractivity contribution in [3.05, 3.63) is 72.0 Å². The molecular formula is C24H26FNO6S. The van der Waals surface area contributed by atoms with E-state index in [1.807, 2.05) is 0 Å². The van der Waals surface area contributed by atoms with Gasteiger partial charge in [-0.25, -0.2) is 12.8 Å². The van der Waals surface area contributed by atoms with Gasteiger partial charge in [-0.15, -0.1) is 0 Å². The van der Waals surface area contributed by atoms with E-state index >= 15 is 0 Å². The summed E-state index contributed by atoms with van der Waals surface area (Å²) in [6.07, 6.45) is 0. The van der Waals surface area contributed by atoms with Gasteiger partial charge < -0.3 is 18.9 Å². The molecule has 0 heterocycles. The number of ether oxygens (including phenoxy) is 4. The molecule has 33 heavy (non-hydrogen) atoms. The number of hydrogen-bond acceptors (Lipinski definition) is 6. The van der Waals surface area contributed by atoms with Gasteiger partial charge in [-0.1, -0.05) is 0 Å². The van der Waals surface area contributed by atoms with Crippen LogP contribution in [0.4, 0.5) is 10.1 Å².